The van der Waals surface area contributed by atoms with Crippen molar-refractivity contribution >= 4 is 66.6 Å². The summed E-state index contributed by atoms with van der Waals surface area (Å²) < 4.78 is 28.4. The average molecular weight is 574 g/mol. The van der Waals surface area contributed by atoms with Gasteiger partial charge in [0.15, 0.2) is 0 Å². The number of amides is 2. The molecule has 3 aromatic rings. The average Bonchev–Trinajstić information content (AvgIpc) is 3.36. The molecule has 0 spiro atoms. The molecular weight excluding hydrogens is 543 g/mol. The van der Waals surface area contributed by atoms with Crippen LogP contribution in [0.5, 0.6) is 0 Å². The zero-order valence-electron chi connectivity index (χ0n) is 20.1. The molecule has 36 heavy (non-hydrogen) atoms. The molecule has 0 aliphatic rings. The van der Waals surface area contributed by atoms with Crippen LogP contribution in [0, 0.1) is 5.92 Å². The summed E-state index contributed by atoms with van der Waals surface area (Å²) in [6, 6.07) is 7.47. The van der Waals surface area contributed by atoms with Gasteiger partial charge in [-0.3, -0.25) is 9.59 Å². The van der Waals surface area contributed by atoms with Gasteiger partial charge < -0.3 is 15.6 Å². The Bertz CT molecular complexity index is 1280. The van der Waals surface area contributed by atoms with Crippen molar-refractivity contribution in [2.24, 2.45) is 5.92 Å². The summed E-state index contributed by atoms with van der Waals surface area (Å²) in [7, 11) is -3.76. The normalized spacial score (nSPS) is 12.7. The third kappa shape index (κ3) is 8.21. The highest BCUT2D eigenvalue weighted by atomic mass is 35.5. The van der Waals surface area contributed by atoms with Crippen molar-refractivity contribution in [3.63, 3.8) is 0 Å². The fraction of sp³-hybridized carbons (Fsp3) is 0.417. The summed E-state index contributed by atoms with van der Waals surface area (Å²) in [5.41, 5.74) is 1.80. The molecule has 2 heterocycles. The second-order valence-corrected chi connectivity index (χ2v) is 12.4. The Balaban J connectivity index is 1.42. The SMILES string of the molecule is CC(C)C[C@H](NC(=O)Cc1cc2sccc2[nH]1)C(=O)NCCCCNS(=O)(=O)c1ccc(Cl)cc1Cl. The second kappa shape index (κ2) is 12.9. The van der Waals surface area contributed by atoms with Crippen LogP contribution in [0.1, 0.15) is 38.8 Å². The van der Waals surface area contributed by atoms with Gasteiger partial charge in [-0.05, 0) is 60.9 Å². The van der Waals surface area contributed by atoms with E-state index in [1.807, 2.05) is 31.4 Å². The molecule has 3 rings (SSSR count). The number of carbonyl (C=O) groups excluding carboxylic acids is 2. The van der Waals surface area contributed by atoms with E-state index in [1.54, 1.807) is 11.3 Å². The highest BCUT2D eigenvalue weighted by Gasteiger charge is 2.22. The number of hydrogen-bond acceptors (Lipinski definition) is 5. The number of thiophene rings is 1. The molecule has 4 N–H and O–H groups in total. The van der Waals surface area contributed by atoms with Crippen molar-refractivity contribution in [3.05, 3.63) is 51.5 Å². The van der Waals surface area contributed by atoms with Crippen LogP contribution in [0.3, 0.4) is 0 Å². The number of fused-ring (bicyclic) bond motifs is 1. The van der Waals surface area contributed by atoms with Gasteiger partial charge in [0.25, 0.3) is 0 Å². The third-order valence-corrected chi connectivity index (χ3v) is 8.43. The minimum absolute atomic E-state index is 0.0340. The highest BCUT2D eigenvalue weighted by Crippen LogP contribution is 2.25. The van der Waals surface area contributed by atoms with Crippen LogP contribution in [0.15, 0.2) is 40.6 Å². The summed E-state index contributed by atoms with van der Waals surface area (Å²) >= 11 is 13.4. The van der Waals surface area contributed by atoms with Crippen LogP contribution >= 0.6 is 34.5 Å². The summed E-state index contributed by atoms with van der Waals surface area (Å²) in [4.78, 5) is 28.5. The number of aromatic nitrogens is 1. The molecule has 1 atom stereocenters. The first kappa shape index (κ1) is 28.5. The van der Waals surface area contributed by atoms with Gasteiger partial charge in [-0.2, -0.15) is 0 Å². The van der Waals surface area contributed by atoms with Crippen molar-refractivity contribution < 1.29 is 18.0 Å². The van der Waals surface area contributed by atoms with Crippen LogP contribution < -0.4 is 15.4 Å². The van der Waals surface area contributed by atoms with E-state index in [9.17, 15) is 18.0 Å². The maximum absolute atomic E-state index is 12.7. The molecule has 0 bridgehead atoms. The van der Waals surface area contributed by atoms with Crippen molar-refractivity contribution in [2.75, 3.05) is 13.1 Å². The standard InChI is InChI=1S/C24H30Cl2N4O4S2/c1-15(2)11-20(30-23(31)14-17-13-21-19(29-17)7-10-35-21)24(32)27-8-3-4-9-28-36(33,34)22-6-5-16(25)12-18(22)26/h5-7,10,12-13,15,20,28-29H,3-4,8-9,11,14H2,1-2H3,(H,27,32)(H,30,31)/t20-/m0/s1. The molecular formula is C24H30Cl2N4O4S2. The number of rotatable bonds is 13. The molecule has 1 aromatic carbocycles. The number of unbranched alkanes of at least 4 members (excludes halogenated alkanes) is 1. The summed E-state index contributed by atoms with van der Waals surface area (Å²) in [5, 5.41) is 8.09. The largest absolute Gasteiger partial charge is 0.357 e. The Morgan fingerprint density at radius 1 is 1.08 bits per heavy atom. The van der Waals surface area contributed by atoms with Crippen LogP contribution in [-0.2, 0) is 26.0 Å². The molecule has 0 radical (unpaired) electrons. The Morgan fingerprint density at radius 3 is 2.53 bits per heavy atom. The van der Waals surface area contributed by atoms with Gasteiger partial charge in [-0.15, -0.1) is 11.3 Å². The van der Waals surface area contributed by atoms with E-state index in [1.165, 1.54) is 18.2 Å². The number of H-pyrrole nitrogens is 1. The minimum atomic E-state index is -3.76. The molecule has 0 saturated heterocycles. The summed E-state index contributed by atoms with van der Waals surface area (Å²) in [6.45, 7) is 4.53. The monoisotopic (exact) mass is 572 g/mol. The predicted molar refractivity (Wildman–Crippen MR) is 145 cm³/mol. The topological polar surface area (TPSA) is 120 Å². The van der Waals surface area contributed by atoms with Gasteiger partial charge in [0.05, 0.1) is 21.7 Å². The Hall–Kier alpha value is -2.11. The number of aromatic amines is 1. The van der Waals surface area contributed by atoms with Crippen LogP contribution in [-0.4, -0.2) is 44.3 Å². The third-order valence-electron chi connectivity index (χ3n) is 5.38. The van der Waals surface area contributed by atoms with Gasteiger partial charge in [0.1, 0.15) is 10.9 Å². The number of sulfonamides is 1. The maximum atomic E-state index is 12.7. The lowest BCUT2D eigenvalue weighted by Gasteiger charge is -2.20. The molecule has 0 aliphatic carbocycles. The first-order valence-corrected chi connectivity index (χ1v) is 14.7. The first-order chi connectivity index (χ1) is 17.0. The fourth-order valence-electron chi connectivity index (χ4n) is 3.68. The number of carbonyl (C=O) groups is 2. The lowest BCUT2D eigenvalue weighted by atomic mass is 10.0. The van der Waals surface area contributed by atoms with Gasteiger partial charge >= 0.3 is 0 Å². The van der Waals surface area contributed by atoms with Gasteiger partial charge in [0, 0.05) is 23.8 Å². The predicted octanol–water partition coefficient (Wildman–Crippen LogP) is 4.48. The van der Waals surface area contributed by atoms with E-state index >= 15 is 0 Å². The smallest absolute Gasteiger partial charge is 0.242 e. The molecule has 0 saturated carbocycles. The molecule has 2 aromatic heterocycles. The Labute approximate surface area is 225 Å². The molecule has 0 aliphatic heterocycles. The quantitative estimate of drug-likeness (QED) is 0.225. The number of benzene rings is 1. The van der Waals surface area contributed by atoms with Crippen LogP contribution in [0.2, 0.25) is 10.0 Å². The summed E-state index contributed by atoms with van der Waals surface area (Å²) in [5.74, 6) is -0.260. The molecule has 12 heteroatoms. The lowest BCUT2D eigenvalue weighted by Crippen LogP contribution is -2.48. The van der Waals surface area contributed by atoms with Gasteiger partial charge in [0.2, 0.25) is 21.8 Å². The van der Waals surface area contributed by atoms with E-state index in [0.717, 1.165) is 15.9 Å². The van der Waals surface area contributed by atoms with Crippen molar-refractivity contribution in [1.29, 1.82) is 0 Å². The van der Waals surface area contributed by atoms with E-state index in [2.05, 4.69) is 20.3 Å². The Kier molecular flexibility index (Phi) is 10.2. The van der Waals surface area contributed by atoms with E-state index in [4.69, 9.17) is 23.2 Å². The maximum Gasteiger partial charge on any atom is 0.242 e. The molecule has 0 unspecified atom stereocenters. The van der Waals surface area contributed by atoms with Crippen molar-refractivity contribution in [1.82, 2.24) is 20.3 Å². The van der Waals surface area contributed by atoms with E-state index in [0.29, 0.717) is 30.8 Å². The number of halogens is 2. The molecule has 2 amide bonds. The summed E-state index contributed by atoms with van der Waals surface area (Å²) in [6.07, 6.45) is 1.75. The van der Waals surface area contributed by atoms with Crippen molar-refractivity contribution in [2.45, 2.75) is 50.5 Å². The van der Waals surface area contributed by atoms with Crippen LogP contribution in [0.25, 0.3) is 10.2 Å². The fourth-order valence-corrected chi connectivity index (χ4v) is 6.33. The number of nitrogens with one attached hydrogen (secondary N) is 4. The second-order valence-electron chi connectivity index (χ2n) is 8.89. The van der Waals surface area contributed by atoms with E-state index in [-0.39, 0.29) is 40.6 Å². The molecule has 0 fully saturated rings. The minimum Gasteiger partial charge on any atom is -0.357 e. The van der Waals surface area contributed by atoms with Gasteiger partial charge in [-0.1, -0.05) is 37.0 Å². The zero-order valence-corrected chi connectivity index (χ0v) is 23.2. The number of hydrogen-bond donors (Lipinski definition) is 4. The lowest BCUT2D eigenvalue weighted by molar-refractivity contribution is -0.129. The first-order valence-electron chi connectivity index (χ1n) is 11.6. The zero-order chi connectivity index (χ0) is 26.3. The molecule has 196 valence electrons. The molecule has 8 nitrogen and oxygen atoms in total. The van der Waals surface area contributed by atoms with Crippen LogP contribution in [0.4, 0.5) is 0 Å². The van der Waals surface area contributed by atoms with E-state index < -0.39 is 16.1 Å². The highest BCUT2D eigenvalue weighted by molar-refractivity contribution is 7.89. The van der Waals surface area contributed by atoms with Gasteiger partial charge in [-0.25, -0.2) is 13.1 Å². The van der Waals surface area contributed by atoms with Crippen molar-refractivity contribution in [3.8, 4) is 0 Å². The Morgan fingerprint density at radius 2 is 1.83 bits per heavy atom.